The Bertz CT molecular complexity index is 1120. The van der Waals surface area contributed by atoms with Crippen LogP contribution in [0.15, 0.2) is 54.7 Å². The number of amides is 1. The molecule has 30 heavy (non-hydrogen) atoms. The fourth-order valence-electron chi connectivity index (χ4n) is 2.74. The standard InChI is InChI=1S/C21H15ClF2N2O4/c1-11(14-4-2-3-5-15(14)21(28)29)26-19(27)16-8-12(22)10-25-20(16)30-13-6-7-17(23)18(24)9-13/h2-11H,1H3,(H,26,27)(H,28,29)/t11-/m0/s1. The molecule has 2 N–H and O–H groups in total. The van der Waals surface area contributed by atoms with Crippen LogP contribution in [0.4, 0.5) is 8.78 Å². The topological polar surface area (TPSA) is 88.5 Å². The number of carboxylic acids is 1. The Balaban J connectivity index is 1.88. The molecule has 0 aliphatic heterocycles. The van der Waals surface area contributed by atoms with Gasteiger partial charge in [0.25, 0.3) is 5.91 Å². The average Bonchev–Trinajstić information content (AvgIpc) is 2.71. The molecule has 2 aromatic carbocycles. The molecule has 1 amide bonds. The number of nitrogens with one attached hydrogen (secondary N) is 1. The maximum atomic E-state index is 13.4. The molecule has 0 aliphatic carbocycles. The SMILES string of the molecule is C[C@H](NC(=O)c1cc(Cl)cnc1Oc1ccc(F)c(F)c1)c1ccccc1C(=O)O. The molecule has 1 heterocycles. The summed E-state index contributed by atoms with van der Waals surface area (Å²) >= 11 is 5.94. The van der Waals surface area contributed by atoms with E-state index in [1.807, 2.05) is 0 Å². The van der Waals surface area contributed by atoms with Crippen LogP contribution in [-0.4, -0.2) is 22.0 Å². The highest BCUT2D eigenvalue weighted by Gasteiger charge is 2.21. The lowest BCUT2D eigenvalue weighted by Gasteiger charge is -2.17. The summed E-state index contributed by atoms with van der Waals surface area (Å²) in [4.78, 5) is 28.2. The largest absolute Gasteiger partial charge is 0.478 e. The summed E-state index contributed by atoms with van der Waals surface area (Å²) in [7, 11) is 0. The van der Waals surface area contributed by atoms with E-state index < -0.39 is 29.6 Å². The number of aromatic nitrogens is 1. The maximum absolute atomic E-state index is 13.4. The molecule has 154 valence electrons. The minimum absolute atomic E-state index is 0.0489. The van der Waals surface area contributed by atoms with E-state index in [1.54, 1.807) is 25.1 Å². The first-order chi connectivity index (χ1) is 14.3. The number of nitrogens with zero attached hydrogens (tertiary/aromatic N) is 1. The van der Waals surface area contributed by atoms with Crippen LogP contribution in [0.2, 0.25) is 5.02 Å². The van der Waals surface area contributed by atoms with Gasteiger partial charge in [-0.2, -0.15) is 0 Å². The second-order valence-corrected chi connectivity index (χ2v) is 6.71. The van der Waals surface area contributed by atoms with Crippen molar-refractivity contribution in [3.05, 3.63) is 88.1 Å². The third kappa shape index (κ3) is 4.72. The lowest BCUT2D eigenvalue weighted by molar-refractivity contribution is 0.0693. The summed E-state index contributed by atoms with van der Waals surface area (Å²) in [5, 5.41) is 12.2. The molecule has 0 radical (unpaired) electrons. The van der Waals surface area contributed by atoms with E-state index in [1.165, 1.54) is 24.4 Å². The molecule has 0 saturated carbocycles. The number of hydrogen-bond donors (Lipinski definition) is 2. The summed E-state index contributed by atoms with van der Waals surface area (Å²) in [5.41, 5.74) is 0.385. The molecule has 0 aliphatic rings. The van der Waals surface area contributed by atoms with Crippen LogP contribution in [-0.2, 0) is 0 Å². The van der Waals surface area contributed by atoms with Crippen molar-refractivity contribution in [2.24, 2.45) is 0 Å². The highest BCUT2D eigenvalue weighted by molar-refractivity contribution is 6.30. The van der Waals surface area contributed by atoms with Crippen molar-refractivity contribution in [1.82, 2.24) is 10.3 Å². The Morgan fingerprint density at radius 2 is 1.83 bits per heavy atom. The van der Waals surface area contributed by atoms with Gasteiger partial charge in [-0.05, 0) is 36.8 Å². The summed E-state index contributed by atoms with van der Waals surface area (Å²) in [5.74, 6) is -4.18. The van der Waals surface area contributed by atoms with Crippen LogP contribution in [0.1, 0.15) is 39.2 Å². The van der Waals surface area contributed by atoms with Crippen LogP contribution >= 0.6 is 11.6 Å². The van der Waals surface area contributed by atoms with Crippen molar-refractivity contribution in [1.29, 1.82) is 0 Å². The molecule has 0 spiro atoms. The Kier molecular flexibility index (Phi) is 6.27. The number of carbonyl (C=O) groups excluding carboxylic acids is 1. The predicted octanol–water partition coefficient (Wildman–Crippen LogP) is 4.99. The summed E-state index contributed by atoms with van der Waals surface area (Å²) in [6.45, 7) is 1.62. The molecule has 9 heteroatoms. The third-order valence-electron chi connectivity index (χ3n) is 4.17. The van der Waals surface area contributed by atoms with E-state index in [0.717, 1.165) is 12.1 Å². The van der Waals surface area contributed by atoms with Gasteiger partial charge in [-0.25, -0.2) is 18.6 Å². The van der Waals surface area contributed by atoms with Crippen molar-refractivity contribution < 1.29 is 28.2 Å². The number of carboxylic acid groups (broad SMARTS) is 1. The number of pyridine rings is 1. The second kappa shape index (κ2) is 8.87. The van der Waals surface area contributed by atoms with Crippen molar-refractivity contribution in [2.75, 3.05) is 0 Å². The highest BCUT2D eigenvalue weighted by Crippen LogP contribution is 2.27. The molecule has 3 rings (SSSR count). The molecular formula is C21H15ClF2N2O4. The van der Waals surface area contributed by atoms with E-state index in [0.29, 0.717) is 5.56 Å². The molecule has 1 atom stereocenters. The van der Waals surface area contributed by atoms with Gasteiger partial charge in [-0.15, -0.1) is 0 Å². The van der Waals surface area contributed by atoms with Gasteiger partial charge < -0.3 is 15.2 Å². The Labute approximate surface area is 175 Å². The number of rotatable bonds is 6. The van der Waals surface area contributed by atoms with Crippen molar-refractivity contribution in [2.45, 2.75) is 13.0 Å². The Morgan fingerprint density at radius 3 is 2.53 bits per heavy atom. The van der Waals surface area contributed by atoms with Gasteiger partial charge in [0.15, 0.2) is 11.6 Å². The zero-order valence-corrected chi connectivity index (χ0v) is 16.3. The van der Waals surface area contributed by atoms with E-state index in [9.17, 15) is 23.5 Å². The van der Waals surface area contributed by atoms with E-state index >= 15 is 0 Å². The molecule has 0 bridgehead atoms. The Morgan fingerprint density at radius 1 is 1.10 bits per heavy atom. The molecule has 3 aromatic rings. The lowest BCUT2D eigenvalue weighted by atomic mass is 10.0. The first-order valence-corrected chi connectivity index (χ1v) is 9.05. The van der Waals surface area contributed by atoms with Crippen molar-refractivity contribution in [3.63, 3.8) is 0 Å². The minimum Gasteiger partial charge on any atom is -0.478 e. The second-order valence-electron chi connectivity index (χ2n) is 6.27. The van der Waals surface area contributed by atoms with Crippen LogP contribution in [0.25, 0.3) is 0 Å². The third-order valence-corrected chi connectivity index (χ3v) is 4.38. The van der Waals surface area contributed by atoms with Gasteiger partial charge in [0, 0.05) is 12.3 Å². The molecule has 0 unspecified atom stereocenters. The van der Waals surface area contributed by atoms with Gasteiger partial charge in [0.1, 0.15) is 11.3 Å². The van der Waals surface area contributed by atoms with E-state index in [2.05, 4.69) is 10.3 Å². The van der Waals surface area contributed by atoms with Gasteiger partial charge in [-0.3, -0.25) is 4.79 Å². The molecular weight excluding hydrogens is 418 g/mol. The average molecular weight is 433 g/mol. The van der Waals surface area contributed by atoms with E-state index in [-0.39, 0.29) is 27.8 Å². The predicted molar refractivity (Wildman–Crippen MR) is 105 cm³/mol. The van der Waals surface area contributed by atoms with Crippen molar-refractivity contribution in [3.8, 4) is 11.6 Å². The molecule has 6 nitrogen and oxygen atoms in total. The highest BCUT2D eigenvalue weighted by atomic mass is 35.5. The molecule has 0 fully saturated rings. The number of halogens is 3. The van der Waals surface area contributed by atoms with Crippen LogP contribution in [0.3, 0.4) is 0 Å². The van der Waals surface area contributed by atoms with Gasteiger partial charge in [-0.1, -0.05) is 29.8 Å². The Hall–Kier alpha value is -3.52. The number of carbonyl (C=O) groups is 2. The summed E-state index contributed by atoms with van der Waals surface area (Å²) in [6.07, 6.45) is 1.23. The van der Waals surface area contributed by atoms with Gasteiger partial charge in [0.2, 0.25) is 5.88 Å². The lowest BCUT2D eigenvalue weighted by Crippen LogP contribution is -2.28. The monoisotopic (exact) mass is 432 g/mol. The zero-order valence-electron chi connectivity index (χ0n) is 15.5. The molecule has 0 saturated heterocycles. The van der Waals surface area contributed by atoms with Gasteiger partial charge in [0.05, 0.1) is 16.6 Å². The smallest absolute Gasteiger partial charge is 0.336 e. The number of benzene rings is 2. The van der Waals surface area contributed by atoms with Gasteiger partial charge >= 0.3 is 5.97 Å². The fourth-order valence-corrected chi connectivity index (χ4v) is 2.90. The quantitative estimate of drug-likeness (QED) is 0.572. The molecule has 1 aromatic heterocycles. The number of aromatic carboxylic acids is 1. The summed E-state index contributed by atoms with van der Waals surface area (Å²) in [6, 6.07) is 9.77. The van der Waals surface area contributed by atoms with E-state index in [4.69, 9.17) is 16.3 Å². The summed E-state index contributed by atoms with van der Waals surface area (Å²) < 4.78 is 32.0. The number of hydrogen-bond acceptors (Lipinski definition) is 4. The fraction of sp³-hybridized carbons (Fsp3) is 0.0952. The van der Waals surface area contributed by atoms with Crippen LogP contribution in [0.5, 0.6) is 11.6 Å². The van der Waals surface area contributed by atoms with Crippen molar-refractivity contribution >= 4 is 23.5 Å². The minimum atomic E-state index is -1.13. The first-order valence-electron chi connectivity index (χ1n) is 8.67. The zero-order chi connectivity index (χ0) is 21.8. The van der Waals surface area contributed by atoms with Crippen LogP contribution < -0.4 is 10.1 Å². The number of ether oxygens (including phenoxy) is 1. The van der Waals surface area contributed by atoms with Crippen LogP contribution in [0, 0.1) is 11.6 Å². The maximum Gasteiger partial charge on any atom is 0.336 e. The first kappa shape index (κ1) is 21.2. The normalized spacial score (nSPS) is 11.6.